The average Bonchev–Trinajstić information content (AvgIpc) is 3.15. The van der Waals surface area contributed by atoms with Gasteiger partial charge in [0, 0.05) is 17.5 Å². The van der Waals surface area contributed by atoms with E-state index in [0.717, 1.165) is 29.6 Å². The van der Waals surface area contributed by atoms with Crippen LogP contribution in [0.25, 0.3) is 10.2 Å². The standard InChI is InChI=1S/C24H29FN4O2S/c1-5-15-6-8-17(30)13-18(15)24(3)10-11-29(4)14(2)21(24)27-22(31)28-23-26-19-12-16(25)7-9-20(19)32-23/h6-9,12-14,21,30H,5,10-11H2,1-4H3,(H2,26,27,28,31)/t14-,21?,24-/m1/s1. The van der Waals surface area contributed by atoms with Crippen molar-refractivity contribution < 1.29 is 14.3 Å². The first-order valence-corrected chi connectivity index (χ1v) is 11.7. The van der Waals surface area contributed by atoms with E-state index in [1.165, 1.54) is 29.0 Å². The van der Waals surface area contributed by atoms with Crippen LogP contribution < -0.4 is 10.6 Å². The number of hydrogen-bond acceptors (Lipinski definition) is 5. The number of fused-ring (bicyclic) bond motifs is 1. The molecule has 2 aromatic carbocycles. The highest BCUT2D eigenvalue weighted by Gasteiger charge is 2.45. The van der Waals surface area contributed by atoms with Gasteiger partial charge in [-0.15, -0.1) is 0 Å². The van der Waals surface area contributed by atoms with Gasteiger partial charge in [0.15, 0.2) is 5.13 Å². The molecule has 1 aliphatic heterocycles. The molecule has 3 atom stereocenters. The number of nitrogens with one attached hydrogen (secondary N) is 2. The SMILES string of the molecule is CCc1ccc(O)cc1[C@@]1(C)CCN(C)[C@H](C)C1NC(=O)Nc1nc2cc(F)ccc2s1. The number of benzene rings is 2. The van der Waals surface area contributed by atoms with Gasteiger partial charge in [0.05, 0.1) is 16.3 Å². The first-order valence-electron chi connectivity index (χ1n) is 10.9. The molecule has 2 heterocycles. The lowest BCUT2D eigenvalue weighted by molar-refractivity contribution is 0.0940. The molecule has 1 aliphatic rings. The third kappa shape index (κ3) is 4.17. The molecule has 170 valence electrons. The van der Waals surface area contributed by atoms with Crippen molar-refractivity contribution in [2.75, 3.05) is 18.9 Å². The fourth-order valence-electron chi connectivity index (χ4n) is 4.77. The van der Waals surface area contributed by atoms with Crippen molar-refractivity contribution in [2.45, 2.75) is 51.1 Å². The van der Waals surface area contributed by atoms with E-state index < -0.39 is 0 Å². The average molecular weight is 457 g/mol. The van der Waals surface area contributed by atoms with Gasteiger partial charge in [-0.05, 0) is 68.8 Å². The minimum absolute atomic E-state index is 0.0796. The normalized spacial score (nSPS) is 23.9. The lowest BCUT2D eigenvalue weighted by Gasteiger charge is -2.50. The molecular weight excluding hydrogens is 427 g/mol. The summed E-state index contributed by atoms with van der Waals surface area (Å²) in [5.41, 5.74) is 2.40. The number of thiazole rings is 1. The Kier molecular flexibility index (Phi) is 6.09. The molecule has 32 heavy (non-hydrogen) atoms. The Bertz CT molecular complexity index is 1150. The van der Waals surface area contributed by atoms with E-state index in [9.17, 15) is 14.3 Å². The van der Waals surface area contributed by atoms with Gasteiger partial charge in [0.1, 0.15) is 11.6 Å². The van der Waals surface area contributed by atoms with Crippen molar-refractivity contribution in [1.82, 2.24) is 15.2 Å². The predicted molar refractivity (Wildman–Crippen MR) is 127 cm³/mol. The van der Waals surface area contributed by atoms with Crippen LogP contribution in [0.15, 0.2) is 36.4 Å². The lowest BCUT2D eigenvalue weighted by atomic mass is 9.67. The zero-order valence-corrected chi connectivity index (χ0v) is 19.6. The first kappa shape index (κ1) is 22.5. The van der Waals surface area contributed by atoms with E-state index in [4.69, 9.17) is 0 Å². The largest absolute Gasteiger partial charge is 0.508 e. The van der Waals surface area contributed by atoms with Crippen LogP contribution in [0.4, 0.5) is 14.3 Å². The zero-order valence-electron chi connectivity index (χ0n) is 18.8. The number of carbonyl (C=O) groups excluding carboxylic acids is 1. The van der Waals surface area contributed by atoms with Crippen LogP contribution in [0.3, 0.4) is 0 Å². The lowest BCUT2D eigenvalue weighted by Crippen LogP contribution is -2.63. The van der Waals surface area contributed by atoms with Crippen molar-refractivity contribution >= 4 is 32.7 Å². The number of aromatic nitrogens is 1. The second-order valence-electron chi connectivity index (χ2n) is 8.79. The number of halogens is 1. The monoisotopic (exact) mass is 456 g/mol. The number of nitrogens with zero attached hydrogens (tertiary/aromatic N) is 2. The van der Waals surface area contributed by atoms with Crippen LogP contribution >= 0.6 is 11.3 Å². The fraction of sp³-hybridized carbons (Fsp3) is 0.417. The number of amides is 2. The molecular formula is C24H29FN4O2S. The molecule has 6 nitrogen and oxygen atoms in total. The van der Waals surface area contributed by atoms with Crippen molar-refractivity contribution in [2.24, 2.45) is 0 Å². The summed E-state index contributed by atoms with van der Waals surface area (Å²) in [6, 6.07) is 9.47. The topological polar surface area (TPSA) is 77.5 Å². The molecule has 3 N–H and O–H groups in total. The molecule has 0 spiro atoms. The highest BCUT2D eigenvalue weighted by molar-refractivity contribution is 7.22. The van der Waals surface area contributed by atoms with Crippen LogP contribution in [-0.4, -0.2) is 46.7 Å². The molecule has 1 saturated heterocycles. The number of piperidine rings is 1. The Morgan fingerprint density at radius 2 is 2.12 bits per heavy atom. The number of likely N-dealkylation sites (N-methyl/N-ethyl adjacent to an activating group) is 1. The number of likely N-dealkylation sites (tertiary alicyclic amines) is 1. The summed E-state index contributed by atoms with van der Waals surface area (Å²) in [5, 5.41) is 16.6. The molecule has 0 radical (unpaired) electrons. The molecule has 0 saturated carbocycles. The Labute approximate surface area is 191 Å². The molecule has 2 amide bonds. The van der Waals surface area contributed by atoms with Crippen LogP contribution in [0.1, 0.15) is 38.3 Å². The number of aromatic hydroxyl groups is 1. The molecule has 1 aromatic heterocycles. The van der Waals surface area contributed by atoms with Crippen molar-refractivity contribution in [1.29, 1.82) is 0 Å². The molecule has 0 bridgehead atoms. The van der Waals surface area contributed by atoms with Crippen LogP contribution in [0.2, 0.25) is 0 Å². The Hall–Kier alpha value is -2.71. The maximum Gasteiger partial charge on any atom is 0.321 e. The molecule has 0 aliphatic carbocycles. The number of anilines is 1. The molecule has 4 rings (SSSR count). The minimum Gasteiger partial charge on any atom is -0.508 e. The first-order chi connectivity index (χ1) is 15.2. The van der Waals surface area contributed by atoms with E-state index in [2.05, 4.69) is 48.3 Å². The van der Waals surface area contributed by atoms with Gasteiger partial charge in [-0.2, -0.15) is 0 Å². The van der Waals surface area contributed by atoms with Crippen molar-refractivity contribution in [3.05, 3.63) is 53.3 Å². The van der Waals surface area contributed by atoms with Crippen molar-refractivity contribution in [3.63, 3.8) is 0 Å². The third-order valence-electron chi connectivity index (χ3n) is 6.79. The summed E-state index contributed by atoms with van der Waals surface area (Å²) in [6.45, 7) is 7.26. The number of phenolic OH excluding ortho intramolecular Hbond substituents is 1. The summed E-state index contributed by atoms with van der Waals surface area (Å²) >= 11 is 1.31. The highest BCUT2D eigenvalue weighted by Crippen LogP contribution is 2.41. The quantitative estimate of drug-likeness (QED) is 0.523. The molecule has 1 unspecified atom stereocenters. The Balaban J connectivity index is 1.62. The second kappa shape index (κ2) is 8.67. The summed E-state index contributed by atoms with van der Waals surface area (Å²) in [5.74, 6) is -0.124. The van der Waals surface area contributed by atoms with Gasteiger partial charge in [-0.3, -0.25) is 5.32 Å². The third-order valence-corrected chi connectivity index (χ3v) is 7.75. The maximum atomic E-state index is 13.5. The summed E-state index contributed by atoms with van der Waals surface area (Å²) < 4.78 is 14.3. The van der Waals surface area contributed by atoms with Gasteiger partial charge in [-0.1, -0.05) is 31.3 Å². The molecule has 1 fully saturated rings. The van der Waals surface area contributed by atoms with E-state index in [1.807, 2.05) is 12.1 Å². The Morgan fingerprint density at radius 3 is 2.88 bits per heavy atom. The fourth-order valence-corrected chi connectivity index (χ4v) is 5.61. The van der Waals surface area contributed by atoms with Gasteiger partial charge >= 0.3 is 6.03 Å². The Morgan fingerprint density at radius 1 is 1.34 bits per heavy atom. The second-order valence-corrected chi connectivity index (χ2v) is 9.82. The highest BCUT2D eigenvalue weighted by atomic mass is 32.1. The van der Waals surface area contributed by atoms with Gasteiger partial charge < -0.3 is 15.3 Å². The van der Waals surface area contributed by atoms with E-state index in [1.54, 1.807) is 12.1 Å². The van der Waals surface area contributed by atoms with Gasteiger partial charge in [0.2, 0.25) is 0 Å². The summed E-state index contributed by atoms with van der Waals surface area (Å²) in [7, 11) is 2.06. The predicted octanol–water partition coefficient (Wildman–Crippen LogP) is 4.88. The zero-order chi connectivity index (χ0) is 23.0. The van der Waals surface area contributed by atoms with Gasteiger partial charge in [-0.25, -0.2) is 14.2 Å². The molecule has 3 aromatic rings. The van der Waals surface area contributed by atoms with E-state index >= 15 is 0 Å². The smallest absolute Gasteiger partial charge is 0.321 e. The number of carbonyl (C=O) groups is 1. The number of phenols is 1. The van der Waals surface area contributed by atoms with E-state index in [-0.39, 0.29) is 35.1 Å². The summed E-state index contributed by atoms with van der Waals surface area (Å²) in [6.07, 6.45) is 1.69. The number of hydrogen-bond donors (Lipinski definition) is 3. The minimum atomic E-state index is -0.357. The van der Waals surface area contributed by atoms with Gasteiger partial charge in [0.25, 0.3) is 0 Å². The number of rotatable bonds is 4. The van der Waals surface area contributed by atoms with Crippen LogP contribution in [0, 0.1) is 5.82 Å². The van der Waals surface area contributed by atoms with Crippen LogP contribution in [0.5, 0.6) is 5.75 Å². The summed E-state index contributed by atoms with van der Waals surface area (Å²) in [4.78, 5) is 19.6. The van der Waals surface area contributed by atoms with E-state index in [0.29, 0.717) is 10.6 Å². The molecule has 8 heteroatoms. The maximum absolute atomic E-state index is 13.5. The van der Waals surface area contributed by atoms with Crippen LogP contribution in [-0.2, 0) is 11.8 Å². The van der Waals surface area contributed by atoms with Crippen molar-refractivity contribution in [3.8, 4) is 5.75 Å². The number of urea groups is 1. The number of aryl methyl sites for hydroxylation is 1.